The maximum absolute atomic E-state index is 12.9. The van der Waals surface area contributed by atoms with Crippen molar-refractivity contribution < 1.29 is 22.7 Å². The lowest BCUT2D eigenvalue weighted by atomic mass is 10.0. The summed E-state index contributed by atoms with van der Waals surface area (Å²) in [4.78, 5) is 26.0. The van der Waals surface area contributed by atoms with Crippen LogP contribution in [0.2, 0.25) is 0 Å². The van der Waals surface area contributed by atoms with Gasteiger partial charge in [0.15, 0.2) is 0 Å². The minimum absolute atomic E-state index is 0.0138. The molecule has 26 heavy (non-hydrogen) atoms. The van der Waals surface area contributed by atoms with E-state index in [0.717, 1.165) is 24.2 Å². The molecule has 0 aromatic carbocycles. The normalized spacial score (nSPS) is 19.7. The van der Waals surface area contributed by atoms with Crippen LogP contribution in [0.4, 0.5) is 0 Å². The first-order valence-corrected chi connectivity index (χ1v) is 11.2. The first-order valence-electron chi connectivity index (χ1n) is 8.87. The van der Waals surface area contributed by atoms with Crippen molar-refractivity contribution >= 4 is 33.2 Å². The molecular weight excluding hydrogens is 376 g/mol. The van der Waals surface area contributed by atoms with Crippen molar-refractivity contribution in [1.29, 1.82) is 0 Å². The highest BCUT2D eigenvalue weighted by atomic mass is 32.2. The minimum Gasteiger partial charge on any atom is -0.465 e. The fourth-order valence-corrected chi connectivity index (χ4v) is 6.38. The second kappa shape index (κ2) is 8.06. The number of piperazine rings is 1. The third kappa shape index (κ3) is 3.94. The SMILES string of the molecule is COC(=O)c1sccc1S(=O)(=O)N1CCN(C(=O)CC2CCCC2)CC1. The molecule has 9 heteroatoms. The molecular formula is C17H24N2O5S2. The van der Waals surface area contributed by atoms with Gasteiger partial charge in [0.05, 0.1) is 7.11 Å². The second-order valence-corrected chi connectivity index (χ2v) is 9.57. The molecule has 0 radical (unpaired) electrons. The topological polar surface area (TPSA) is 84.0 Å². The average Bonchev–Trinajstić information content (AvgIpc) is 3.33. The lowest BCUT2D eigenvalue weighted by Crippen LogP contribution is -2.50. The molecule has 144 valence electrons. The van der Waals surface area contributed by atoms with Gasteiger partial charge in [-0.2, -0.15) is 4.31 Å². The quantitative estimate of drug-likeness (QED) is 0.706. The fraction of sp³-hybridized carbons (Fsp3) is 0.647. The standard InChI is InChI=1S/C17H24N2O5S2/c1-24-17(21)16-14(6-11-25-16)26(22,23)19-9-7-18(8-10-19)15(20)12-13-4-2-3-5-13/h6,11,13H,2-5,7-10,12H2,1H3. The molecule has 2 heterocycles. The largest absolute Gasteiger partial charge is 0.465 e. The molecule has 1 saturated carbocycles. The zero-order chi connectivity index (χ0) is 18.7. The Morgan fingerprint density at radius 1 is 1.19 bits per heavy atom. The van der Waals surface area contributed by atoms with Gasteiger partial charge in [-0.25, -0.2) is 13.2 Å². The number of amides is 1. The van der Waals surface area contributed by atoms with Crippen LogP contribution in [0.15, 0.2) is 16.3 Å². The van der Waals surface area contributed by atoms with Gasteiger partial charge < -0.3 is 9.64 Å². The summed E-state index contributed by atoms with van der Waals surface area (Å²) in [6, 6.07) is 1.43. The molecule has 2 fully saturated rings. The van der Waals surface area contributed by atoms with Gasteiger partial charge in [-0.1, -0.05) is 12.8 Å². The average molecular weight is 401 g/mol. The third-order valence-corrected chi connectivity index (χ3v) is 8.11. The molecule has 1 aliphatic heterocycles. The van der Waals surface area contributed by atoms with Crippen LogP contribution in [0.25, 0.3) is 0 Å². The summed E-state index contributed by atoms with van der Waals surface area (Å²) < 4.78 is 31.7. The van der Waals surface area contributed by atoms with Gasteiger partial charge in [0.1, 0.15) is 9.77 Å². The number of esters is 1. The molecule has 7 nitrogen and oxygen atoms in total. The molecule has 1 amide bonds. The van der Waals surface area contributed by atoms with E-state index in [1.54, 1.807) is 10.3 Å². The molecule has 2 aliphatic rings. The Morgan fingerprint density at radius 2 is 1.85 bits per heavy atom. The van der Waals surface area contributed by atoms with Gasteiger partial charge in [-0.15, -0.1) is 11.3 Å². The van der Waals surface area contributed by atoms with Gasteiger partial charge >= 0.3 is 5.97 Å². The Bertz CT molecular complexity index is 760. The Balaban J connectivity index is 1.63. The van der Waals surface area contributed by atoms with Crippen LogP contribution in [0.3, 0.4) is 0 Å². The molecule has 0 atom stereocenters. The van der Waals surface area contributed by atoms with Crippen molar-refractivity contribution in [2.45, 2.75) is 37.0 Å². The lowest BCUT2D eigenvalue weighted by molar-refractivity contribution is -0.133. The zero-order valence-corrected chi connectivity index (χ0v) is 16.5. The van der Waals surface area contributed by atoms with Crippen molar-refractivity contribution in [3.8, 4) is 0 Å². The van der Waals surface area contributed by atoms with Crippen molar-refractivity contribution in [3.63, 3.8) is 0 Å². The van der Waals surface area contributed by atoms with E-state index in [-0.39, 0.29) is 28.8 Å². The summed E-state index contributed by atoms with van der Waals surface area (Å²) in [6.45, 7) is 1.27. The summed E-state index contributed by atoms with van der Waals surface area (Å²) in [7, 11) is -2.54. The van der Waals surface area contributed by atoms with Crippen LogP contribution in [0.1, 0.15) is 41.8 Å². The van der Waals surface area contributed by atoms with Crippen molar-refractivity contribution in [3.05, 3.63) is 16.3 Å². The van der Waals surface area contributed by atoms with E-state index >= 15 is 0 Å². The molecule has 1 saturated heterocycles. The maximum atomic E-state index is 12.9. The smallest absolute Gasteiger partial charge is 0.349 e. The van der Waals surface area contributed by atoms with E-state index in [9.17, 15) is 18.0 Å². The van der Waals surface area contributed by atoms with Gasteiger partial charge in [-0.3, -0.25) is 4.79 Å². The number of carbonyl (C=O) groups is 2. The Kier molecular flexibility index (Phi) is 5.99. The highest BCUT2D eigenvalue weighted by Gasteiger charge is 2.34. The number of hydrogen-bond donors (Lipinski definition) is 0. The summed E-state index contributed by atoms with van der Waals surface area (Å²) in [5, 5.41) is 1.57. The number of rotatable bonds is 5. The van der Waals surface area contributed by atoms with E-state index in [2.05, 4.69) is 4.74 Å². The Hall–Kier alpha value is -1.45. The number of sulfonamides is 1. The molecule has 1 aromatic rings. The monoisotopic (exact) mass is 400 g/mol. The fourth-order valence-electron chi connectivity index (χ4n) is 3.65. The third-order valence-electron chi connectivity index (χ3n) is 5.15. The van der Waals surface area contributed by atoms with E-state index in [1.165, 1.54) is 30.3 Å². The number of thiophene rings is 1. The Labute approximate surface area is 158 Å². The van der Waals surface area contributed by atoms with Crippen LogP contribution >= 0.6 is 11.3 Å². The van der Waals surface area contributed by atoms with Crippen LogP contribution in [0.5, 0.6) is 0 Å². The lowest BCUT2D eigenvalue weighted by Gasteiger charge is -2.34. The Morgan fingerprint density at radius 3 is 2.46 bits per heavy atom. The van der Waals surface area contributed by atoms with Crippen LogP contribution < -0.4 is 0 Å². The first kappa shape index (κ1) is 19.3. The zero-order valence-electron chi connectivity index (χ0n) is 14.8. The molecule has 1 aromatic heterocycles. The first-order chi connectivity index (χ1) is 12.4. The van der Waals surface area contributed by atoms with Crippen LogP contribution in [0, 0.1) is 5.92 Å². The van der Waals surface area contributed by atoms with Crippen molar-refractivity contribution in [1.82, 2.24) is 9.21 Å². The number of ether oxygens (including phenoxy) is 1. The highest BCUT2D eigenvalue weighted by molar-refractivity contribution is 7.89. The molecule has 0 spiro atoms. The summed E-state index contributed by atoms with van der Waals surface area (Å²) >= 11 is 1.05. The van der Waals surface area contributed by atoms with Crippen LogP contribution in [-0.4, -0.2) is 62.8 Å². The summed E-state index contributed by atoms with van der Waals surface area (Å²) in [6.07, 6.45) is 5.22. The predicted octanol–water partition coefficient (Wildman–Crippen LogP) is 1.95. The maximum Gasteiger partial charge on any atom is 0.349 e. The predicted molar refractivity (Wildman–Crippen MR) is 97.6 cm³/mol. The number of hydrogen-bond acceptors (Lipinski definition) is 6. The minimum atomic E-state index is -3.77. The highest BCUT2D eigenvalue weighted by Crippen LogP contribution is 2.29. The number of nitrogens with zero attached hydrogens (tertiary/aromatic N) is 2. The molecule has 0 N–H and O–H groups in total. The van der Waals surface area contributed by atoms with Crippen LogP contribution in [-0.2, 0) is 19.6 Å². The van der Waals surface area contributed by atoms with Gasteiger partial charge in [-0.05, 0) is 30.2 Å². The number of methoxy groups -OCH3 is 1. The van der Waals surface area contributed by atoms with Crippen molar-refractivity contribution in [2.75, 3.05) is 33.3 Å². The van der Waals surface area contributed by atoms with Gasteiger partial charge in [0.25, 0.3) is 0 Å². The number of carbonyl (C=O) groups excluding carboxylic acids is 2. The molecule has 1 aliphatic carbocycles. The van der Waals surface area contributed by atoms with Crippen molar-refractivity contribution in [2.24, 2.45) is 5.92 Å². The van der Waals surface area contributed by atoms with E-state index < -0.39 is 16.0 Å². The second-order valence-electron chi connectivity index (χ2n) is 6.75. The van der Waals surface area contributed by atoms with Gasteiger partial charge in [0.2, 0.25) is 15.9 Å². The van der Waals surface area contributed by atoms with Gasteiger partial charge in [0, 0.05) is 32.6 Å². The summed E-state index contributed by atoms with van der Waals surface area (Å²) in [5.41, 5.74) is 0. The van der Waals surface area contributed by atoms with E-state index in [1.807, 2.05) is 0 Å². The van der Waals surface area contributed by atoms with E-state index in [0.29, 0.717) is 25.4 Å². The molecule has 0 unspecified atom stereocenters. The molecule has 0 bridgehead atoms. The summed E-state index contributed by atoms with van der Waals surface area (Å²) in [5.74, 6) is -0.0404. The molecule has 3 rings (SSSR count). The van der Waals surface area contributed by atoms with E-state index in [4.69, 9.17) is 0 Å².